The first-order valence-electron chi connectivity index (χ1n) is 9.88. The molecule has 5 aromatic rings. The maximum Gasteiger partial charge on any atom is 0.249 e. The summed E-state index contributed by atoms with van der Waals surface area (Å²) < 4.78 is 29.3. The lowest BCUT2D eigenvalue weighted by Gasteiger charge is -2.10. The molecule has 1 amide bonds. The maximum atomic E-state index is 13.9. The number of fused-ring (bicyclic) bond motifs is 3. The summed E-state index contributed by atoms with van der Waals surface area (Å²) >= 11 is 6.02. The Morgan fingerprint density at radius 2 is 1.72 bits per heavy atom. The molecular formula is C26H16ClF2N2O. The molecule has 0 aliphatic heterocycles. The van der Waals surface area contributed by atoms with Crippen LogP contribution in [0.3, 0.4) is 0 Å². The van der Waals surface area contributed by atoms with Crippen molar-refractivity contribution in [1.82, 2.24) is 4.57 Å². The Balaban J connectivity index is 1.78. The fourth-order valence-corrected chi connectivity index (χ4v) is 4.19. The van der Waals surface area contributed by atoms with E-state index in [1.165, 1.54) is 6.07 Å². The summed E-state index contributed by atoms with van der Waals surface area (Å²) in [7, 11) is 0. The molecule has 5 rings (SSSR count). The van der Waals surface area contributed by atoms with Crippen LogP contribution in [-0.2, 0) is 6.54 Å². The lowest BCUT2D eigenvalue weighted by atomic mass is 10.0. The molecule has 0 spiro atoms. The summed E-state index contributed by atoms with van der Waals surface area (Å²) in [6.07, 6.45) is 0. The third kappa shape index (κ3) is 3.41. The number of hydrogen-bond donors (Lipinski definition) is 1. The average Bonchev–Trinajstić information content (AvgIpc) is 3.10. The zero-order chi connectivity index (χ0) is 22.4. The highest BCUT2D eigenvalue weighted by Crippen LogP contribution is 2.35. The van der Waals surface area contributed by atoms with Crippen LogP contribution in [0.4, 0.5) is 8.78 Å². The first kappa shape index (κ1) is 20.2. The Bertz CT molecular complexity index is 1510. The minimum absolute atomic E-state index is 0.275. The van der Waals surface area contributed by atoms with Gasteiger partial charge in [0.1, 0.15) is 0 Å². The van der Waals surface area contributed by atoms with Gasteiger partial charge in [0, 0.05) is 27.9 Å². The van der Waals surface area contributed by atoms with Gasteiger partial charge in [0.15, 0.2) is 11.6 Å². The number of benzene rings is 4. The molecule has 0 aliphatic carbocycles. The van der Waals surface area contributed by atoms with Gasteiger partial charge in [0.2, 0.25) is 5.91 Å². The molecule has 0 unspecified atom stereocenters. The second-order valence-corrected chi connectivity index (χ2v) is 7.99. The van der Waals surface area contributed by atoms with Gasteiger partial charge in [0.05, 0.1) is 11.0 Å². The quantitative estimate of drug-likeness (QED) is 0.344. The predicted octanol–water partition coefficient (Wildman–Crippen LogP) is 6.34. The molecule has 0 aliphatic rings. The van der Waals surface area contributed by atoms with Gasteiger partial charge in [-0.05, 0) is 71.3 Å². The molecule has 4 aromatic carbocycles. The van der Waals surface area contributed by atoms with Crippen LogP contribution in [0, 0.1) is 17.7 Å². The SMILES string of the molecule is NC(=O)c1cccc2c1c1[c]cc(-c3ccc(Cl)cc3)cc1n2Cc1ccc(F)c(F)c1. The van der Waals surface area contributed by atoms with Crippen molar-refractivity contribution in [3.05, 3.63) is 107 Å². The van der Waals surface area contributed by atoms with Crippen LogP contribution in [0.15, 0.2) is 72.8 Å². The molecule has 2 N–H and O–H groups in total. The fraction of sp³-hybridized carbons (Fsp3) is 0.0385. The summed E-state index contributed by atoms with van der Waals surface area (Å²) in [4.78, 5) is 12.1. The minimum Gasteiger partial charge on any atom is -0.366 e. The number of rotatable bonds is 4. The van der Waals surface area contributed by atoms with Crippen molar-refractivity contribution in [2.24, 2.45) is 5.73 Å². The van der Waals surface area contributed by atoms with E-state index in [9.17, 15) is 13.6 Å². The first-order chi connectivity index (χ1) is 15.4. The molecule has 6 heteroatoms. The van der Waals surface area contributed by atoms with Crippen LogP contribution >= 0.6 is 11.6 Å². The fourth-order valence-electron chi connectivity index (χ4n) is 4.06. The van der Waals surface area contributed by atoms with Crippen LogP contribution in [0.1, 0.15) is 15.9 Å². The van der Waals surface area contributed by atoms with E-state index in [0.717, 1.165) is 33.6 Å². The predicted molar refractivity (Wildman–Crippen MR) is 123 cm³/mol. The normalized spacial score (nSPS) is 11.3. The van der Waals surface area contributed by atoms with Crippen LogP contribution < -0.4 is 5.73 Å². The smallest absolute Gasteiger partial charge is 0.249 e. The standard InChI is InChI=1S/C26H16ClF2N2O/c27-18-8-5-16(6-9-18)17-7-10-19-24(13-17)31(14-15-4-11-21(28)22(29)12-15)23-3-1-2-20(25(19)23)26(30)32/h1-9,11-13H,14H2,(H2,30,32). The number of halogens is 3. The van der Waals surface area contributed by atoms with Gasteiger partial charge in [-0.2, -0.15) is 0 Å². The maximum absolute atomic E-state index is 13.9. The largest absolute Gasteiger partial charge is 0.366 e. The van der Waals surface area contributed by atoms with Gasteiger partial charge in [-0.15, -0.1) is 0 Å². The third-order valence-corrected chi connectivity index (χ3v) is 5.81. The van der Waals surface area contributed by atoms with Crippen molar-refractivity contribution >= 4 is 39.3 Å². The van der Waals surface area contributed by atoms with Gasteiger partial charge in [-0.3, -0.25) is 4.79 Å². The summed E-state index contributed by atoms with van der Waals surface area (Å²) in [6, 6.07) is 23.7. The molecular weight excluding hydrogens is 430 g/mol. The van der Waals surface area contributed by atoms with Crippen molar-refractivity contribution in [3.8, 4) is 11.1 Å². The van der Waals surface area contributed by atoms with E-state index in [0.29, 0.717) is 21.5 Å². The van der Waals surface area contributed by atoms with Crippen molar-refractivity contribution in [1.29, 1.82) is 0 Å². The second kappa shape index (κ2) is 7.77. The van der Waals surface area contributed by atoms with Crippen molar-refractivity contribution < 1.29 is 13.6 Å². The average molecular weight is 446 g/mol. The lowest BCUT2D eigenvalue weighted by molar-refractivity contribution is 0.100. The highest BCUT2D eigenvalue weighted by Gasteiger charge is 2.18. The number of nitrogens with zero attached hydrogens (tertiary/aromatic N) is 1. The number of amides is 1. The van der Waals surface area contributed by atoms with Crippen molar-refractivity contribution in [3.63, 3.8) is 0 Å². The summed E-state index contributed by atoms with van der Waals surface area (Å²) in [5.74, 6) is -2.35. The van der Waals surface area contributed by atoms with Gasteiger partial charge >= 0.3 is 0 Å². The van der Waals surface area contributed by atoms with Gasteiger partial charge in [-0.25, -0.2) is 8.78 Å². The molecule has 3 nitrogen and oxygen atoms in total. The van der Waals surface area contributed by atoms with Crippen molar-refractivity contribution in [2.45, 2.75) is 6.54 Å². The zero-order valence-corrected chi connectivity index (χ0v) is 17.5. The van der Waals surface area contributed by atoms with E-state index in [4.69, 9.17) is 17.3 Å². The lowest BCUT2D eigenvalue weighted by Crippen LogP contribution is -2.11. The minimum atomic E-state index is -0.908. The highest BCUT2D eigenvalue weighted by atomic mass is 35.5. The number of aromatic nitrogens is 1. The molecule has 157 valence electrons. The van der Waals surface area contributed by atoms with Crippen LogP contribution in [-0.4, -0.2) is 10.5 Å². The topological polar surface area (TPSA) is 48.0 Å². The molecule has 0 bridgehead atoms. The molecule has 0 fully saturated rings. The number of hydrogen-bond acceptors (Lipinski definition) is 1. The third-order valence-electron chi connectivity index (χ3n) is 5.56. The van der Waals surface area contributed by atoms with Gasteiger partial charge in [-0.1, -0.05) is 35.9 Å². The summed E-state index contributed by atoms with van der Waals surface area (Å²) in [6.45, 7) is 0.275. The Morgan fingerprint density at radius 3 is 2.44 bits per heavy atom. The van der Waals surface area contributed by atoms with E-state index in [1.807, 2.05) is 47.0 Å². The molecule has 1 heterocycles. The van der Waals surface area contributed by atoms with Crippen molar-refractivity contribution in [2.75, 3.05) is 0 Å². The van der Waals surface area contributed by atoms with E-state index in [1.54, 1.807) is 18.2 Å². The van der Waals surface area contributed by atoms with E-state index < -0.39 is 17.5 Å². The molecule has 32 heavy (non-hydrogen) atoms. The van der Waals surface area contributed by atoms with E-state index >= 15 is 0 Å². The first-order valence-corrected chi connectivity index (χ1v) is 10.3. The van der Waals surface area contributed by atoms with Gasteiger partial charge in [0.25, 0.3) is 0 Å². The van der Waals surface area contributed by atoms with Crippen LogP contribution in [0.5, 0.6) is 0 Å². The Kier molecular flexibility index (Phi) is 4.91. The number of carbonyl (C=O) groups is 1. The summed E-state index contributed by atoms with van der Waals surface area (Å²) in [5.41, 5.74) is 10.0. The number of nitrogens with two attached hydrogens (primary N) is 1. The Hall–Kier alpha value is -3.70. The molecule has 0 saturated heterocycles. The molecule has 0 atom stereocenters. The highest BCUT2D eigenvalue weighted by molar-refractivity contribution is 6.30. The van der Waals surface area contributed by atoms with Crippen LogP contribution in [0.25, 0.3) is 32.9 Å². The zero-order valence-electron chi connectivity index (χ0n) is 16.7. The monoisotopic (exact) mass is 445 g/mol. The Labute approximate surface area is 187 Å². The Morgan fingerprint density at radius 1 is 0.938 bits per heavy atom. The number of carbonyl (C=O) groups excluding carboxylic acids is 1. The van der Waals surface area contributed by atoms with Crippen LogP contribution in [0.2, 0.25) is 5.02 Å². The van der Waals surface area contributed by atoms with E-state index in [2.05, 4.69) is 6.07 Å². The molecule has 1 aromatic heterocycles. The second-order valence-electron chi connectivity index (χ2n) is 7.55. The summed E-state index contributed by atoms with van der Waals surface area (Å²) in [5, 5.41) is 2.05. The van der Waals surface area contributed by atoms with Gasteiger partial charge < -0.3 is 10.3 Å². The molecule has 1 radical (unpaired) electrons. The molecule has 0 saturated carbocycles. The number of primary amides is 1. The van der Waals surface area contributed by atoms with E-state index in [-0.39, 0.29) is 6.54 Å².